The molecule has 1 fully saturated rings. The van der Waals surface area contributed by atoms with Gasteiger partial charge in [-0.15, -0.1) is 12.4 Å². The van der Waals surface area contributed by atoms with Crippen molar-refractivity contribution < 1.29 is 14.3 Å². The van der Waals surface area contributed by atoms with E-state index in [9.17, 15) is 4.79 Å². The van der Waals surface area contributed by atoms with Gasteiger partial charge in [-0.05, 0) is 30.6 Å². The van der Waals surface area contributed by atoms with E-state index >= 15 is 0 Å². The summed E-state index contributed by atoms with van der Waals surface area (Å²) in [6.07, 6.45) is 3.81. The highest BCUT2D eigenvalue weighted by Gasteiger charge is 2.31. The smallest absolute Gasteiger partial charge is 0.246 e. The van der Waals surface area contributed by atoms with Gasteiger partial charge < -0.3 is 20.1 Å². The number of hydrogen-bond donors (Lipinski definition) is 2. The Bertz CT molecular complexity index is 316. The molecule has 0 bridgehead atoms. The number of halogens is 1. The van der Waals surface area contributed by atoms with Crippen LogP contribution in [0.25, 0.3) is 0 Å². The van der Waals surface area contributed by atoms with Crippen LogP contribution in [0, 0.1) is 17.8 Å². The molecule has 2 N–H and O–H groups in total. The van der Waals surface area contributed by atoms with Crippen molar-refractivity contribution in [3.05, 3.63) is 0 Å². The second-order valence-electron chi connectivity index (χ2n) is 6.77. The van der Waals surface area contributed by atoms with Crippen molar-refractivity contribution in [2.75, 3.05) is 40.0 Å². The highest BCUT2D eigenvalue weighted by atomic mass is 35.5. The minimum Gasteiger partial charge on any atom is -0.383 e. The van der Waals surface area contributed by atoms with E-state index in [0.717, 1.165) is 19.5 Å². The highest BCUT2D eigenvalue weighted by Crippen LogP contribution is 2.35. The molecule has 138 valence electrons. The largest absolute Gasteiger partial charge is 0.383 e. The number of rotatable bonds is 10. The summed E-state index contributed by atoms with van der Waals surface area (Å²) < 4.78 is 10.9. The van der Waals surface area contributed by atoms with Gasteiger partial charge in [0.25, 0.3) is 0 Å². The Morgan fingerprint density at radius 3 is 2.61 bits per heavy atom. The van der Waals surface area contributed by atoms with Crippen LogP contribution in [-0.4, -0.2) is 52.0 Å². The molecule has 0 spiro atoms. The normalized spacial score (nSPS) is 24.3. The zero-order valence-electron chi connectivity index (χ0n) is 15.1. The number of nitrogens with one attached hydrogen (secondary N) is 2. The third kappa shape index (κ3) is 9.50. The van der Waals surface area contributed by atoms with Crippen molar-refractivity contribution in [1.29, 1.82) is 0 Å². The maximum Gasteiger partial charge on any atom is 0.246 e. The van der Waals surface area contributed by atoms with E-state index in [4.69, 9.17) is 9.47 Å². The third-order valence-corrected chi connectivity index (χ3v) is 4.50. The molecule has 3 atom stereocenters. The van der Waals surface area contributed by atoms with E-state index in [2.05, 4.69) is 31.4 Å². The van der Waals surface area contributed by atoms with Gasteiger partial charge in [-0.3, -0.25) is 4.79 Å². The molecule has 1 aliphatic rings. The quantitative estimate of drug-likeness (QED) is 0.593. The first-order chi connectivity index (χ1) is 10.5. The Labute approximate surface area is 147 Å². The molecule has 0 aliphatic heterocycles. The fraction of sp³-hybridized carbons (Fsp3) is 0.941. The number of ether oxygens (including phenoxy) is 2. The van der Waals surface area contributed by atoms with Crippen molar-refractivity contribution in [2.24, 2.45) is 17.8 Å². The van der Waals surface area contributed by atoms with Crippen molar-refractivity contribution in [3.63, 3.8) is 0 Å². The van der Waals surface area contributed by atoms with Crippen LogP contribution in [0.4, 0.5) is 0 Å². The van der Waals surface area contributed by atoms with E-state index in [1.165, 1.54) is 12.8 Å². The zero-order valence-corrected chi connectivity index (χ0v) is 15.9. The van der Waals surface area contributed by atoms with Crippen LogP contribution in [0.2, 0.25) is 0 Å². The van der Waals surface area contributed by atoms with Gasteiger partial charge in [-0.2, -0.15) is 0 Å². The molecule has 1 aliphatic carbocycles. The van der Waals surface area contributed by atoms with Gasteiger partial charge in [0, 0.05) is 26.7 Å². The molecule has 0 aromatic heterocycles. The average molecular weight is 351 g/mol. The summed E-state index contributed by atoms with van der Waals surface area (Å²) in [5.74, 6) is 1.88. The molecule has 1 saturated carbocycles. The topological polar surface area (TPSA) is 59.6 Å². The number of hydrogen-bond acceptors (Lipinski definition) is 4. The summed E-state index contributed by atoms with van der Waals surface area (Å²) in [4.78, 5) is 11.8. The number of methoxy groups -OCH3 is 1. The summed E-state index contributed by atoms with van der Waals surface area (Å²) in [5, 5.41) is 6.08. The van der Waals surface area contributed by atoms with E-state index < -0.39 is 0 Å². The van der Waals surface area contributed by atoms with Crippen LogP contribution >= 0.6 is 12.4 Å². The Morgan fingerprint density at radius 2 is 1.96 bits per heavy atom. The van der Waals surface area contributed by atoms with Gasteiger partial charge in [0.1, 0.15) is 6.61 Å². The van der Waals surface area contributed by atoms with Crippen LogP contribution in [-0.2, 0) is 14.3 Å². The van der Waals surface area contributed by atoms with Gasteiger partial charge >= 0.3 is 0 Å². The number of amides is 1. The summed E-state index contributed by atoms with van der Waals surface area (Å²) in [5.41, 5.74) is 0. The lowest BCUT2D eigenvalue weighted by molar-refractivity contribution is -0.131. The van der Waals surface area contributed by atoms with Gasteiger partial charge in [0.15, 0.2) is 0 Å². The van der Waals surface area contributed by atoms with Gasteiger partial charge in [-0.25, -0.2) is 0 Å². The predicted molar refractivity (Wildman–Crippen MR) is 96.1 cm³/mol. The molecule has 0 heterocycles. The molecular formula is C17H35ClN2O3. The first-order valence-electron chi connectivity index (χ1n) is 8.62. The van der Waals surface area contributed by atoms with Crippen molar-refractivity contribution in [3.8, 4) is 0 Å². The second kappa shape index (κ2) is 13.0. The summed E-state index contributed by atoms with van der Waals surface area (Å²) >= 11 is 0. The molecular weight excluding hydrogens is 316 g/mol. The molecule has 1 rings (SSSR count). The monoisotopic (exact) mass is 350 g/mol. The van der Waals surface area contributed by atoms with E-state index in [1.54, 1.807) is 7.11 Å². The molecule has 6 heteroatoms. The molecule has 3 unspecified atom stereocenters. The maximum atomic E-state index is 11.8. The van der Waals surface area contributed by atoms with Crippen LogP contribution in [0.5, 0.6) is 0 Å². The fourth-order valence-electron chi connectivity index (χ4n) is 3.13. The summed E-state index contributed by atoms with van der Waals surface area (Å²) in [6.45, 7) is 9.83. The SMILES string of the molecule is COCCNCCNC(=O)COC1CC(C)CCC1C(C)C.Cl. The van der Waals surface area contributed by atoms with Gasteiger partial charge in [-0.1, -0.05) is 27.2 Å². The Kier molecular flexibility index (Phi) is 12.8. The van der Waals surface area contributed by atoms with Crippen molar-refractivity contribution >= 4 is 18.3 Å². The van der Waals surface area contributed by atoms with Crippen LogP contribution < -0.4 is 10.6 Å². The highest BCUT2D eigenvalue weighted by molar-refractivity contribution is 5.85. The lowest BCUT2D eigenvalue weighted by Crippen LogP contribution is -2.39. The van der Waals surface area contributed by atoms with Gasteiger partial charge in [0.05, 0.1) is 12.7 Å². The van der Waals surface area contributed by atoms with E-state index in [1.807, 2.05) is 0 Å². The van der Waals surface area contributed by atoms with Crippen molar-refractivity contribution in [2.45, 2.75) is 46.1 Å². The number of carbonyl (C=O) groups excluding carboxylic acids is 1. The van der Waals surface area contributed by atoms with Crippen LogP contribution in [0.1, 0.15) is 40.0 Å². The molecule has 0 aromatic rings. The third-order valence-electron chi connectivity index (χ3n) is 4.50. The average Bonchev–Trinajstić information content (AvgIpc) is 2.48. The zero-order chi connectivity index (χ0) is 16.4. The second-order valence-corrected chi connectivity index (χ2v) is 6.77. The first-order valence-corrected chi connectivity index (χ1v) is 8.62. The maximum absolute atomic E-state index is 11.8. The Balaban J connectivity index is 0.00000484. The lowest BCUT2D eigenvalue weighted by Gasteiger charge is -2.37. The molecule has 0 saturated heterocycles. The van der Waals surface area contributed by atoms with E-state index in [0.29, 0.717) is 30.9 Å². The van der Waals surface area contributed by atoms with Crippen LogP contribution in [0.3, 0.4) is 0 Å². The predicted octanol–water partition coefficient (Wildman–Crippen LogP) is 2.24. The Morgan fingerprint density at radius 1 is 1.22 bits per heavy atom. The molecule has 5 nitrogen and oxygen atoms in total. The minimum atomic E-state index is -0.0192. The molecule has 23 heavy (non-hydrogen) atoms. The summed E-state index contributed by atoms with van der Waals surface area (Å²) in [7, 11) is 1.68. The molecule has 0 aromatic carbocycles. The van der Waals surface area contributed by atoms with Crippen LogP contribution in [0.15, 0.2) is 0 Å². The lowest BCUT2D eigenvalue weighted by atomic mass is 9.75. The molecule has 0 radical (unpaired) electrons. The Hall–Kier alpha value is -0.360. The standard InChI is InChI=1S/C17H34N2O3.ClH/c1-13(2)15-6-5-14(3)11-16(15)22-12-17(20)19-8-7-18-9-10-21-4;/h13-16,18H,5-12H2,1-4H3,(H,19,20);1H. The minimum absolute atomic E-state index is 0. The van der Waals surface area contributed by atoms with Crippen molar-refractivity contribution in [1.82, 2.24) is 10.6 Å². The number of carbonyl (C=O) groups is 1. The summed E-state index contributed by atoms with van der Waals surface area (Å²) in [6, 6.07) is 0. The first kappa shape index (κ1) is 22.6. The van der Waals surface area contributed by atoms with E-state index in [-0.39, 0.29) is 31.0 Å². The molecule has 1 amide bonds. The van der Waals surface area contributed by atoms with Gasteiger partial charge in [0.2, 0.25) is 5.91 Å². The fourth-order valence-corrected chi connectivity index (χ4v) is 3.13.